The molecule has 57 heavy (non-hydrogen) atoms. The monoisotopic (exact) mass is 838 g/mol. The van der Waals surface area contributed by atoms with Crippen LogP contribution in [0.25, 0.3) is 0 Å². The van der Waals surface area contributed by atoms with E-state index in [4.69, 9.17) is 28.4 Å². The van der Waals surface area contributed by atoms with Gasteiger partial charge in [-0.3, -0.25) is 9.59 Å². The summed E-state index contributed by atoms with van der Waals surface area (Å²) in [4.78, 5) is 36.8. The van der Waals surface area contributed by atoms with Crippen LogP contribution in [0.5, 0.6) is 0 Å². The predicted octanol–water partition coefficient (Wildman–Crippen LogP) is -10.6. The minimum atomic E-state index is -3.21. The first-order valence-corrected chi connectivity index (χ1v) is 17.6. The quantitative estimate of drug-likeness (QED) is 0.0574. The van der Waals surface area contributed by atoms with E-state index >= 15 is 0 Å². The molecule has 3 fully saturated rings. The second-order valence-corrected chi connectivity index (χ2v) is 13.8. The molecular weight excluding hydrogens is 784 g/mol. The Morgan fingerprint density at radius 3 is 1.82 bits per heavy atom. The summed E-state index contributed by atoms with van der Waals surface area (Å²) in [6, 6.07) is -3.19. The number of aliphatic hydroxyl groups excluding tert-OH is 14. The average Bonchev–Trinajstić information content (AvgIpc) is 3.17. The van der Waals surface area contributed by atoms with Crippen LogP contribution in [0, 0.1) is 0 Å². The molecule has 0 unspecified atom stereocenters. The molecule has 2 amide bonds. The Labute approximate surface area is 323 Å². The molecule has 17 N–H and O–H groups in total. The third kappa shape index (κ3) is 11.5. The molecule has 26 heteroatoms. The molecule has 0 radical (unpaired) electrons. The molecule has 0 aliphatic carbocycles. The van der Waals surface area contributed by atoms with E-state index in [1.54, 1.807) is 0 Å². The zero-order valence-electron chi connectivity index (χ0n) is 30.6. The van der Waals surface area contributed by atoms with Gasteiger partial charge in [0, 0.05) is 20.3 Å². The number of rotatable bonds is 19. The number of nitrogens with one attached hydrogen (secondary N) is 2. The second kappa shape index (κ2) is 21.2. The number of aliphatic carboxylic acids is 1. The molecule has 3 rings (SSSR count). The van der Waals surface area contributed by atoms with Gasteiger partial charge in [0.15, 0.2) is 12.6 Å². The molecule has 0 saturated carbocycles. The topological polar surface area (TPSA) is 434 Å². The summed E-state index contributed by atoms with van der Waals surface area (Å²) in [6.45, 7) is -3.16. The highest BCUT2D eigenvalue weighted by Crippen LogP contribution is 2.38. The zero-order chi connectivity index (χ0) is 43.1. The van der Waals surface area contributed by atoms with Crippen LogP contribution in [0.4, 0.5) is 0 Å². The van der Waals surface area contributed by atoms with Crippen LogP contribution >= 0.6 is 0 Å². The van der Waals surface area contributed by atoms with Crippen LogP contribution in [-0.4, -0.2) is 249 Å². The summed E-state index contributed by atoms with van der Waals surface area (Å²) < 4.78 is 33.6. The van der Waals surface area contributed by atoms with Crippen molar-refractivity contribution in [1.29, 1.82) is 0 Å². The van der Waals surface area contributed by atoms with Gasteiger partial charge >= 0.3 is 5.97 Å². The Bertz CT molecular complexity index is 1300. The number of hydrogen-bond donors (Lipinski definition) is 17. The van der Waals surface area contributed by atoms with Gasteiger partial charge in [-0.05, 0) is 0 Å². The maximum Gasteiger partial charge on any atom is 0.364 e. The fraction of sp³-hybridized carbons (Fsp3) is 0.903. The summed E-state index contributed by atoms with van der Waals surface area (Å²) in [6.07, 6.45) is -35.9. The van der Waals surface area contributed by atoms with Gasteiger partial charge in [0.25, 0.3) is 5.79 Å². The van der Waals surface area contributed by atoms with Crippen molar-refractivity contribution in [3.05, 3.63) is 0 Å². The van der Waals surface area contributed by atoms with Crippen molar-refractivity contribution in [2.75, 3.05) is 33.0 Å². The van der Waals surface area contributed by atoms with Crippen LogP contribution in [0.2, 0.25) is 0 Å². The molecular formula is C31H54N2O24. The van der Waals surface area contributed by atoms with Crippen LogP contribution in [0.15, 0.2) is 0 Å². The molecule has 0 aromatic rings. The first kappa shape index (κ1) is 49.0. The van der Waals surface area contributed by atoms with Gasteiger partial charge < -0.3 is 116 Å². The summed E-state index contributed by atoms with van der Waals surface area (Å²) in [5.74, 6) is -6.85. The zero-order valence-corrected chi connectivity index (χ0v) is 30.6. The fourth-order valence-electron chi connectivity index (χ4n) is 6.55. The Balaban J connectivity index is 2.08. The summed E-state index contributed by atoms with van der Waals surface area (Å²) in [5, 5.41) is 160. The van der Waals surface area contributed by atoms with Gasteiger partial charge in [-0.15, -0.1) is 0 Å². The number of aliphatic hydroxyl groups is 14. The minimum absolute atomic E-state index is 0.744. The van der Waals surface area contributed by atoms with Crippen molar-refractivity contribution in [3.63, 3.8) is 0 Å². The Hall–Kier alpha value is -2.39. The molecule has 3 aliphatic heterocycles. The average molecular weight is 839 g/mol. The molecule has 0 aromatic carbocycles. The minimum Gasteiger partial charge on any atom is -0.477 e. The maximum absolute atomic E-state index is 12.9. The molecule has 0 spiro atoms. The van der Waals surface area contributed by atoms with E-state index < -0.39 is 179 Å². The summed E-state index contributed by atoms with van der Waals surface area (Å²) in [7, 11) is 0. The molecule has 332 valence electrons. The van der Waals surface area contributed by atoms with Gasteiger partial charge in [0.05, 0.1) is 45.2 Å². The SMILES string of the molecule is CC(=O)N[C@H]1[C@H](OC[C@H]2O[C@@H](O[C@@H]([C@H](O)[C@@H](O)CO)[C@H](O)CO)[C@H](O)[C@@H](O[C@]3(C(=O)O)C[C@H](O)[C@@H](NC(C)=O)[C@H]([C@H](O)[C@H](O)CO)O3)[C@H]2O)O[C@H](CO)[C@@H](O)[C@@H]1O. The van der Waals surface area contributed by atoms with Gasteiger partial charge in [-0.25, -0.2) is 4.79 Å². The van der Waals surface area contributed by atoms with Crippen molar-refractivity contribution in [2.24, 2.45) is 0 Å². The van der Waals surface area contributed by atoms with E-state index in [2.05, 4.69) is 10.6 Å². The molecule has 0 bridgehead atoms. The van der Waals surface area contributed by atoms with Gasteiger partial charge in [-0.1, -0.05) is 0 Å². The Kier molecular flexibility index (Phi) is 18.2. The van der Waals surface area contributed by atoms with Crippen molar-refractivity contribution in [3.8, 4) is 0 Å². The lowest BCUT2D eigenvalue weighted by Crippen LogP contribution is -2.70. The van der Waals surface area contributed by atoms with E-state index in [0.717, 1.165) is 13.8 Å². The number of carboxylic acids is 1. The number of hydrogen-bond acceptors (Lipinski definition) is 23. The van der Waals surface area contributed by atoms with E-state index in [-0.39, 0.29) is 0 Å². The van der Waals surface area contributed by atoms with Crippen LogP contribution in [0.3, 0.4) is 0 Å². The van der Waals surface area contributed by atoms with Gasteiger partial charge in [0.2, 0.25) is 11.8 Å². The molecule has 3 saturated heterocycles. The van der Waals surface area contributed by atoms with E-state index in [0.29, 0.717) is 0 Å². The van der Waals surface area contributed by atoms with E-state index in [9.17, 15) is 91.0 Å². The Morgan fingerprint density at radius 1 is 0.737 bits per heavy atom. The number of carboxylic acid groups (broad SMARTS) is 1. The standard InChI is InChI=1S/C31H54N2O24/c1-9(38)32-17-11(40)3-31(30(50)51,56-26(17)20(45)13(42)5-35)57-27-22(47)16(8-52-28-18(33-10(2)39)23(48)21(46)15(7-37)53-28)54-29(24(27)49)55-25(14(43)6-36)19(44)12(41)4-34/h11-29,34-37,40-49H,3-8H2,1-2H3,(H,32,38)(H,33,39)(H,50,51)/t11-,12-,13+,14+,15+,16+,17+,18+,19+,20+,21+,22-,23+,24+,25+,26+,27-,28+,29-,31-/m0/s1. The summed E-state index contributed by atoms with van der Waals surface area (Å²) >= 11 is 0. The smallest absolute Gasteiger partial charge is 0.364 e. The highest BCUT2D eigenvalue weighted by molar-refractivity contribution is 5.76. The van der Waals surface area contributed by atoms with Crippen LogP contribution in [0.1, 0.15) is 20.3 Å². The Morgan fingerprint density at radius 2 is 1.30 bits per heavy atom. The molecule has 3 aliphatic rings. The van der Waals surface area contributed by atoms with Crippen molar-refractivity contribution < 1.29 is 119 Å². The van der Waals surface area contributed by atoms with Crippen LogP contribution in [-0.2, 0) is 42.8 Å². The van der Waals surface area contributed by atoms with Crippen molar-refractivity contribution in [1.82, 2.24) is 10.6 Å². The van der Waals surface area contributed by atoms with E-state index in [1.165, 1.54) is 0 Å². The van der Waals surface area contributed by atoms with Gasteiger partial charge in [0.1, 0.15) is 91.5 Å². The molecule has 20 atom stereocenters. The van der Waals surface area contributed by atoms with Crippen molar-refractivity contribution in [2.45, 2.75) is 142 Å². The number of ether oxygens (including phenoxy) is 6. The number of carbonyl (C=O) groups excluding carboxylic acids is 2. The first-order chi connectivity index (χ1) is 26.7. The lowest BCUT2D eigenvalue weighted by molar-refractivity contribution is -0.380. The van der Waals surface area contributed by atoms with Gasteiger partial charge in [-0.2, -0.15) is 0 Å². The first-order valence-electron chi connectivity index (χ1n) is 17.6. The lowest BCUT2D eigenvalue weighted by atomic mass is 9.88. The highest BCUT2D eigenvalue weighted by atomic mass is 16.8. The number of carbonyl (C=O) groups is 3. The summed E-state index contributed by atoms with van der Waals surface area (Å²) in [5.41, 5.74) is 0. The van der Waals surface area contributed by atoms with Crippen molar-refractivity contribution >= 4 is 17.8 Å². The second-order valence-electron chi connectivity index (χ2n) is 13.8. The molecule has 0 aromatic heterocycles. The third-order valence-corrected chi connectivity index (χ3v) is 9.61. The van der Waals surface area contributed by atoms with Crippen LogP contribution < -0.4 is 10.6 Å². The fourth-order valence-corrected chi connectivity index (χ4v) is 6.55. The number of amides is 2. The highest BCUT2D eigenvalue weighted by Gasteiger charge is 2.60. The lowest BCUT2D eigenvalue weighted by Gasteiger charge is -2.50. The normalized spacial score (nSPS) is 39.3. The largest absolute Gasteiger partial charge is 0.477 e. The predicted molar refractivity (Wildman–Crippen MR) is 176 cm³/mol. The van der Waals surface area contributed by atoms with E-state index in [1.807, 2.05) is 0 Å². The maximum atomic E-state index is 12.9. The molecule has 26 nitrogen and oxygen atoms in total. The third-order valence-electron chi connectivity index (χ3n) is 9.61. The molecule has 3 heterocycles.